The first-order chi connectivity index (χ1) is 9.10. The Kier molecular flexibility index (Phi) is 5.75. The Bertz CT molecular complexity index is 445. The Morgan fingerprint density at radius 2 is 2.05 bits per heavy atom. The third-order valence-corrected chi connectivity index (χ3v) is 2.61. The van der Waals surface area contributed by atoms with E-state index in [1.54, 1.807) is 30.3 Å². The molecule has 1 amide bonds. The summed E-state index contributed by atoms with van der Waals surface area (Å²) in [5.41, 5.74) is 6.31. The van der Waals surface area contributed by atoms with Crippen LogP contribution < -0.4 is 11.1 Å². The first kappa shape index (κ1) is 14.9. The molecule has 0 aliphatic rings. The number of hydrogen-bond donors (Lipinski definition) is 2. The second-order valence-corrected chi connectivity index (χ2v) is 4.01. The van der Waals surface area contributed by atoms with Gasteiger partial charge in [-0.2, -0.15) is 0 Å². The van der Waals surface area contributed by atoms with E-state index < -0.39 is 24.0 Å². The van der Waals surface area contributed by atoms with Crippen LogP contribution in [-0.2, 0) is 14.3 Å². The molecule has 1 rings (SSSR count). The predicted molar refractivity (Wildman–Crippen MR) is 72.1 cm³/mol. The van der Waals surface area contributed by atoms with Crippen LogP contribution in [0.15, 0.2) is 43.0 Å². The van der Waals surface area contributed by atoms with Crippen molar-refractivity contribution in [2.24, 2.45) is 5.73 Å². The third-order valence-electron chi connectivity index (χ3n) is 2.61. The van der Waals surface area contributed by atoms with E-state index in [4.69, 9.17) is 10.5 Å². The molecule has 2 unspecified atom stereocenters. The van der Waals surface area contributed by atoms with Crippen molar-refractivity contribution in [3.05, 3.63) is 48.6 Å². The van der Waals surface area contributed by atoms with Crippen LogP contribution in [0.4, 0.5) is 0 Å². The molecule has 0 bridgehead atoms. The maximum atomic E-state index is 11.8. The van der Waals surface area contributed by atoms with Crippen LogP contribution >= 0.6 is 0 Å². The number of esters is 1. The molecule has 19 heavy (non-hydrogen) atoms. The molecule has 2 atom stereocenters. The first-order valence-corrected chi connectivity index (χ1v) is 5.89. The maximum absolute atomic E-state index is 11.8. The Hall–Kier alpha value is -2.14. The van der Waals surface area contributed by atoms with Gasteiger partial charge < -0.3 is 15.8 Å². The van der Waals surface area contributed by atoms with Crippen molar-refractivity contribution in [2.45, 2.75) is 18.5 Å². The summed E-state index contributed by atoms with van der Waals surface area (Å²) in [5.74, 6) is -0.954. The molecule has 0 saturated heterocycles. The molecule has 0 heterocycles. The summed E-state index contributed by atoms with van der Waals surface area (Å²) >= 11 is 0. The molecular formula is C14H18N2O3. The quantitative estimate of drug-likeness (QED) is 0.590. The minimum Gasteiger partial charge on any atom is -0.467 e. The molecule has 3 N–H and O–H groups in total. The number of amides is 1. The molecule has 102 valence electrons. The van der Waals surface area contributed by atoms with Gasteiger partial charge in [-0.3, -0.25) is 4.79 Å². The van der Waals surface area contributed by atoms with E-state index in [9.17, 15) is 9.59 Å². The van der Waals surface area contributed by atoms with Gasteiger partial charge in [0.1, 0.15) is 0 Å². The molecule has 0 fully saturated rings. The van der Waals surface area contributed by atoms with Gasteiger partial charge in [-0.25, -0.2) is 4.79 Å². The second-order valence-electron chi connectivity index (χ2n) is 4.01. The monoisotopic (exact) mass is 262 g/mol. The highest BCUT2D eigenvalue weighted by atomic mass is 16.5. The second kappa shape index (κ2) is 7.33. The topological polar surface area (TPSA) is 81.4 Å². The summed E-state index contributed by atoms with van der Waals surface area (Å²) in [5, 5.41) is 2.58. The van der Waals surface area contributed by atoms with E-state index in [1.807, 2.05) is 6.07 Å². The van der Waals surface area contributed by atoms with Crippen LogP contribution in [-0.4, -0.2) is 25.0 Å². The lowest BCUT2D eigenvalue weighted by molar-refractivity contribution is -0.145. The number of ether oxygens (including phenoxy) is 1. The molecule has 5 nitrogen and oxygen atoms in total. The average Bonchev–Trinajstić information content (AvgIpc) is 2.44. The Labute approximate surface area is 112 Å². The van der Waals surface area contributed by atoms with Crippen molar-refractivity contribution in [3.8, 4) is 0 Å². The number of carbonyl (C=O) groups is 2. The molecule has 1 aromatic carbocycles. The van der Waals surface area contributed by atoms with Gasteiger partial charge in [-0.15, -0.1) is 6.58 Å². The van der Waals surface area contributed by atoms with Gasteiger partial charge in [0.15, 0.2) is 6.04 Å². The van der Waals surface area contributed by atoms with E-state index in [-0.39, 0.29) is 0 Å². The predicted octanol–water partition coefficient (Wildman–Crippen LogP) is 0.920. The average molecular weight is 262 g/mol. The zero-order chi connectivity index (χ0) is 14.3. The van der Waals surface area contributed by atoms with Crippen molar-refractivity contribution in [2.75, 3.05) is 7.11 Å². The molecule has 0 spiro atoms. The van der Waals surface area contributed by atoms with Crippen LogP contribution in [0, 0.1) is 0 Å². The molecule has 1 aromatic rings. The number of nitrogens with two attached hydrogens (primary N) is 1. The SMILES string of the molecule is C=CCC(N)C(=O)NC(C(=O)OC)c1ccccc1. The number of nitrogens with one attached hydrogen (secondary N) is 1. The number of hydrogen-bond acceptors (Lipinski definition) is 4. The summed E-state index contributed by atoms with van der Waals surface area (Å²) < 4.78 is 4.69. The van der Waals surface area contributed by atoms with E-state index in [0.717, 1.165) is 0 Å². The summed E-state index contributed by atoms with van der Waals surface area (Å²) in [7, 11) is 1.27. The standard InChI is InChI=1S/C14H18N2O3/c1-3-7-11(15)13(17)16-12(14(18)19-2)10-8-5-4-6-9-10/h3-6,8-9,11-12H,1,7,15H2,2H3,(H,16,17). The van der Waals surface area contributed by atoms with Crippen molar-refractivity contribution in [1.29, 1.82) is 0 Å². The summed E-state index contributed by atoms with van der Waals surface area (Å²) in [6, 6.07) is 7.27. The van der Waals surface area contributed by atoms with Gasteiger partial charge in [0.25, 0.3) is 0 Å². The number of benzene rings is 1. The van der Waals surface area contributed by atoms with E-state index in [1.165, 1.54) is 7.11 Å². The normalized spacial score (nSPS) is 13.2. The van der Waals surface area contributed by atoms with Gasteiger partial charge in [-0.05, 0) is 12.0 Å². The first-order valence-electron chi connectivity index (χ1n) is 5.89. The third kappa shape index (κ3) is 4.22. The molecule has 0 aliphatic heterocycles. The van der Waals surface area contributed by atoms with Crippen LogP contribution in [0.25, 0.3) is 0 Å². The van der Waals surface area contributed by atoms with Gasteiger partial charge in [0.05, 0.1) is 13.2 Å². The molecule has 0 aliphatic carbocycles. The highest BCUT2D eigenvalue weighted by Crippen LogP contribution is 2.14. The lowest BCUT2D eigenvalue weighted by atomic mass is 10.1. The molecule has 0 aromatic heterocycles. The van der Waals surface area contributed by atoms with Crippen LogP contribution in [0.2, 0.25) is 0 Å². The molecular weight excluding hydrogens is 244 g/mol. The van der Waals surface area contributed by atoms with Crippen LogP contribution in [0.1, 0.15) is 18.0 Å². The van der Waals surface area contributed by atoms with Gasteiger partial charge >= 0.3 is 5.97 Å². The Morgan fingerprint density at radius 3 is 2.58 bits per heavy atom. The van der Waals surface area contributed by atoms with E-state index >= 15 is 0 Å². The van der Waals surface area contributed by atoms with Crippen molar-refractivity contribution in [3.63, 3.8) is 0 Å². The minimum absolute atomic E-state index is 0.342. The molecule has 0 radical (unpaired) electrons. The zero-order valence-electron chi connectivity index (χ0n) is 10.8. The number of methoxy groups -OCH3 is 1. The number of rotatable bonds is 6. The molecule has 0 saturated carbocycles. The number of carbonyl (C=O) groups excluding carboxylic acids is 2. The van der Waals surface area contributed by atoms with Gasteiger partial charge in [-0.1, -0.05) is 36.4 Å². The zero-order valence-corrected chi connectivity index (χ0v) is 10.8. The fraction of sp³-hybridized carbons (Fsp3) is 0.286. The van der Waals surface area contributed by atoms with Crippen LogP contribution in [0.3, 0.4) is 0 Å². The fourth-order valence-electron chi connectivity index (χ4n) is 1.58. The fourth-order valence-corrected chi connectivity index (χ4v) is 1.58. The largest absolute Gasteiger partial charge is 0.467 e. The minimum atomic E-state index is -0.852. The van der Waals surface area contributed by atoms with Crippen molar-refractivity contribution >= 4 is 11.9 Å². The van der Waals surface area contributed by atoms with Crippen LogP contribution in [0.5, 0.6) is 0 Å². The molecule has 5 heteroatoms. The highest BCUT2D eigenvalue weighted by molar-refractivity contribution is 5.88. The smallest absolute Gasteiger partial charge is 0.333 e. The highest BCUT2D eigenvalue weighted by Gasteiger charge is 2.25. The summed E-state index contributed by atoms with van der Waals surface area (Å²) in [6.45, 7) is 3.52. The maximum Gasteiger partial charge on any atom is 0.333 e. The Balaban J connectivity index is 2.85. The van der Waals surface area contributed by atoms with Crippen molar-refractivity contribution < 1.29 is 14.3 Å². The van der Waals surface area contributed by atoms with E-state index in [2.05, 4.69) is 11.9 Å². The van der Waals surface area contributed by atoms with Gasteiger partial charge in [0.2, 0.25) is 5.91 Å². The van der Waals surface area contributed by atoms with E-state index in [0.29, 0.717) is 12.0 Å². The lowest BCUT2D eigenvalue weighted by Gasteiger charge is -2.19. The van der Waals surface area contributed by atoms with Crippen molar-refractivity contribution in [1.82, 2.24) is 5.32 Å². The Morgan fingerprint density at radius 1 is 1.42 bits per heavy atom. The lowest BCUT2D eigenvalue weighted by Crippen LogP contribution is -2.44. The summed E-state index contributed by atoms with van der Waals surface area (Å²) in [4.78, 5) is 23.6. The summed E-state index contributed by atoms with van der Waals surface area (Å²) in [6.07, 6.45) is 1.90. The van der Waals surface area contributed by atoms with Gasteiger partial charge in [0, 0.05) is 0 Å².